The van der Waals surface area contributed by atoms with Gasteiger partial charge in [0.2, 0.25) is 5.91 Å². The van der Waals surface area contributed by atoms with Crippen molar-refractivity contribution in [3.63, 3.8) is 0 Å². The molecule has 0 bridgehead atoms. The number of nitrogens with one attached hydrogen (secondary N) is 1. The maximum atomic E-state index is 11.7. The third kappa shape index (κ3) is 7.98. The maximum Gasteiger partial charge on any atom is 0.326 e. The molecule has 0 fully saturated rings. The lowest BCUT2D eigenvalue weighted by Gasteiger charge is -2.21. The molecule has 0 saturated carbocycles. The van der Waals surface area contributed by atoms with Crippen molar-refractivity contribution in [1.82, 2.24) is 10.2 Å². The zero-order chi connectivity index (χ0) is 14.8. The van der Waals surface area contributed by atoms with Crippen LogP contribution in [0.1, 0.15) is 19.3 Å². The van der Waals surface area contributed by atoms with E-state index < -0.39 is 23.9 Å². The minimum Gasteiger partial charge on any atom is -0.480 e. The molecule has 8 nitrogen and oxygen atoms in total. The Morgan fingerprint density at radius 2 is 2.05 bits per heavy atom. The molecule has 0 aliphatic heterocycles. The summed E-state index contributed by atoms with van der Waals surface area (Å²) in [6, 6.07) is -1.63. The molecule has 0 aromatic carbocycles. The average Bonchev–Trinajstić information content (AvgIpc) is 2.33. The van der Waals surface area contributed by atoms with Crippen LogP contribution >= 0.6 is 0 Å². The fourth-order valence-corrected chi connectivity index (χ4v) is 1.35. The van der Waals surface area contributed by atoms with E-state index in [0.29, 0.717) is 19.6 Å². The maximum absolute atomic E-state index is 11.7. The van der Waals surface area contributed by atoms with Crippen LogP contribution in [0, 0.1) is 0 Å². The molecule has 3 amide bonds. The van der Waals surface area contributed by atoms with Crippen LogP contribution in [0.4, 0.5) is 4.79 Å². The van der Waals surface area contributed by atoms with E-state index in [9.17, 15) is 14.4 Å². The Balaban J connectivity index is 4.22. The molecular weight excluding hydrogens is 254 g/mol. The Hall–Kier alpha value is -1.83. The summed E-state index contributed by atoms with van der Waals surface area (Å²) in [4.78, 5) is 34.6. The first kappa shape index (κ1) is 17.2. The van der Waals surface area contributed by atoms with Crippen LogP contribution in [0.15, 0.2) is 0 Å². The number of carbonyl (C=O) groups excluding carboxylic acids is 2. The summed E-state index contributed by atoms with van der Waals surface area (Å²) in [5, 5.41) is 11.3. The van der Waals surface area contributed by atoms with Gasteiger partial charge in [0.05, 0.1) is 0 Å². The number of nitrogens with two attached hydrogens (primary N) is 1. The summed E-state index contributed by atoms with van der Waals surface area (Å²) in [6.45, 7) is 0.962. The van der Waals surface area contributed by atoms with Gasteiger partial charge in [-0.3, -0.25) is 4.79 Å². The molecule has 1 atom stereocenters. The van der Waals surface area contributed by atoms with Gasteiger partial charge in [-0.15, -0.1) is 0 Å². The summed E-state index contributed by atoms with van der Waals surface area (Å²) in [6.07, 6.45) is 0.534. The van der Waals surface area contributed by atoms with Crippen molar-refractivity contribution in [3.05, 3.63) is 0 Å². The molecule has 0 heterocycles. The number of rotatable bonds is 9. The summed E-state index contributed by atoms with van der Waals surface area (Å²) in [7, 11) is 3.11. The highest BCUT2D eigenvalue weighted by molar-refractivity contribution is 5.83. The number of amides is 3. The van der Waals surface area contributed by atoms with Crippen LogP contribution in [0.2, 0.25) is 0 Å². The molecule has 0 saturated heterocycles. The molecule has 110 valence electrons. The number of primary amides is 1. The Bertz CT molecular complexity index is 321. The second-order valence-corrected chi connectivity index (χ2v) is 4.11. The largest absolute Gasteiger partial charge is 0.480 e. The van der Waals surface area contributed by atoms with Gasteiger partial charge >= 0.3 is 12.0 Å². The number of methoxy groups -OCH3 is 1. The molecule has 4 N–H and O–H groups in total. The number of carboxylic acid groups (broad SMARTS) is 1. The van der Waals surface area contributed by atoms with Crippen molar-refractivity contribution in [3.8, 4) is 0 Å². The van der Waals surface area contributed by atoms with E-state index >= 15 is 0 Å². The van der Waals surface area contributed by atoms with Crippen LogP contribution in [-0.2, 0) is 14.3 Å². The predicted octanol–water partition coefficient (Wildman–Crippen LogP) is -0.617. The highest BCUT2D eigenvalue weighted by Crippen LogP contribution is 1.99. The van der Waals surface area contributed by atoms with Crippen LogP contribution in [0.3, 0.4) is 0 Å². The van der Waals surface area contributed by atoms with Gasteiger partial charge in [-0.25, -0.2) is 9.59 Å². The quantitative estimate of drug-likeness (QED) is 0.484. The number of urea groups is 1. The Morgan fingerprint density at radius 3 is 2.53 bits per heavy atom. The van der Waals surface area contributed by atoms with E-state index in [1.165, 1.54) is 4.90 Å². The van der Waals surface area contributed by atoms with Crippen molar-refractivity contribution < 1.29 is 24.2 Å². The van der Waals surface area contributed by atoms with Gasteiger partial charge in [0.1, 0.15) is 6.04 Å². The highest BCUT2D eigenvalue weighted by Gasteiger charge is 2.21. The van der Waals surface area contributed by atoms with E-state index in [4.69, 9.17) is 15.6 Å². The third-order valence-corrected chi connectivity index (χ3v) is 2.46. The lowest BCUT2D eigenvalue weighted by molar-refractivity contribution is -0.139. The van der Waals surface area contributed by atoms with Crippen molar-refractivity contribution in [2.75, 3.05) is 27.3 Å². The number of nitrogens with zero attached hydrogens (tertiary/aromatic N) is 1. The van der Waals surface area contributed by atoms with Crippen LogP contribution in [0.25, 0.3) is 0 Å². The Kier molecular flexibility index (Phi) is 8.27. The number of hydrogen-bond donors (Lipinski definition) is 3. The predicted molar refractivity (Wildman–Crippen MR) is 67.5 cm³/mol. The van der Waals surface area contributed by atoms with Gasteiger partial charge in [-0.2, -0.15) is 0 Å². The van der Waals surface area contributed by atoms with Crippen LogP contribution in [0.5, 0.6) is 0 Å². The van der Waals surface area contributed by atoms with E-state index in [1.54, 1.807) is 14.2 Å². The number of aliphatic carboxylic acids is 1. The average molecular weight is 275 g/mol. The second-order valence-electron chi connectivity index (χ2n) is 4.11. The zero-order valence-corrected chi connectivity index (χ0v) is 11.2. The van der Waals surface area contributed by atoms with Gasteiger partial charge < -0.3 is 25.8 Å². The van der Waals surface area contributed by atoms with E-state index in [2.05, 4.69) is 5.32 Å². The van der Waals surface area contributed by atoms with Crippen molar-refractivity contribution in [1.29, 1.82) is 0 Å². The molecule has 19 heavy (non-hydrogen) atoms. The first-order valence-electron chi connectivity index (χ1n) is 5.90. The molecule has 0 aliphatic rings. The molecular formula is C11H21N3O5. The number of hydrogen-bond acceptors (Lipinski definition) is 4. The number of carboxylic acids is 1. The summed E-state index contributed by atoms with van der Waals surface area (Å²) in [5.74, 6) is -1.80. The standard InChI is InChI=1S/C11H21N3O5/c1-14(6-3-7-19-2)11(18)13-8(10(16)17)4-5-9(12)15/h8H,3-7H2,1-2H3,(H2,12,15)(H,13,18)(H,16,17)/t8-/m0/s1. The molecule has 0 rings (SSSR count). The first-order chi connectivity index (χ1) is 8.88. The monoisotopic (exact) mass is 275 g/mol. The van der Waals surface area contributed by atoms with Crippen molar-refractivity contribution in [2.24, 2.45) is 5.73 Å². The Morgan fingerprint density at radius 1 is 1.42 bits per heavy atom. The second kappa shape index (κ2) is 9.15. The van der Waals surface area contributed by atoms with Gasteiger partial charge in [0.25, 0.3) is 0 Å². The van der Waals surface area contributed by atoms with Crippen molar-refractivity contribution in [2.45, 2.75) is 25.3 Å². The summed E-state index contributed by atoms with van der Waals surface area (Å²) < 4.78 is 4.85. The molecule has 0 unspecified atom stereocenters. The lowest BCUT2D eigenvalue weighted by atomic mass is 10.1. The fraction of sp³-hybridized carbons (Fsp3) is 0.727. The third-order valence-electron chi connectivity index (χ3n) is 2.46. The zero-order valence-electron chi connectivity index (χ0n) is 11.2. The van der Waals surface area contributed by atoms with Gasteiger partial charge in [0.15, 0.2) is 0 Å². The van der Waals surface area contributed by atoms with Gasteiger partial charge in [-0.05, 0) is 12.8 Å². The molecule has 0 aromatic rings. The van der Waals surface area contributed by atoms with Crippen LogP contribution in [-0.4, -0.2) is 61.3 Å². The van der Waals surface area contributed by atoms with Gasteiger partial charge in [-0.1, -0.05) is 0 Å². The normalized spacial score (nSPS) is 11.7. The highest BCUT2D eigenvalue weighted by atomic mass is 16.5. The minimum atomic E-state index is -1.19. The molecule has 0 spiro atoms. The van der Waals surface area contributed by atoms with Gasteiger partial charge in [0, 0.05) is 33.7 Å². The van der Waals surface area contributed by atoms with Crippen LogP contribution < -0.4 is 11.1 Å². The topological polar surface area (TPSA) is 122 Å². The smallest absolute Gasteiger partial charge is 0.326 e. The van der Waals surface area contributed by atoms with E-state index in [1.807, 2.05) is 0 Å². The fourth-order valence-electron chi connectivity index (χ4n) is 1.35. The summed E-state index contributed by atoms with van der Waals surface area (Å²) in [5.41, 5.74) is 4.94. The molecule has 0 aliphatic carbocycles. The lowest BCUT2D eigenvalue weighted by Crippen LogP contribution is -2.47. The minimum absolute atomic E-state index is 0.0255. The Labute approximate surface area is 111 Å². The first-order valence-corrected chi connectivity index (χ1v) is 5.90. The molecule has 0 radical (unpaired) electrons. The van der Waals surface area contributed by atoms with Crippen molar-refractivity contribution >= 4 is 17.9 Å². The number of ether oxygens (including phenoxy) is 1. The summed E-state index contributed by atoms with van der Waals surface area (Å²) >= 11 is 0. The number of carbonyl (C=O) groups is 3. The molecule has 0 aromatic heterocycles. The SMILES string of the molecule is COCCCN(C)C(=O)N[C@@H](CCC(N)=O)C(=O)O. The van der Waals surface area contributed by atoms with E-state index in [0.717, 1.165) is 0 Å². The molecule has 8 heteroatoms. The van der Waals surface area contributed by atoms with E-state index in [-0.39, 0.29) is 12.8 Å².